The molecule has 0 aliphatic rings. The molecule has 1 aromatic rings. The molecule has 154 valence electrons. The van der Waals surface area contributed by atoms with Crippen molar-refractivity contribution in [3.8, 4) is 23.3 Å². The lowest BCUT2D eigenvalue weighted by atomic mass is 10.2. The Kier molecular flexibility index (Phi) is 10.2. The first kappa shape index (κ1) is 24.4. The maximum atomic E-state index is 13.1. The Morgan fingerprint density at radius 2 is 1.76 bits per heavy atom. The summed E-state index contributed by atoms with van der Waals surface area (Å²) in [5, 5.41) is 0. The number of benzene rings is 1. The second kappa shape index (κ2) is 12.1. The average molecular weight is 431 g/mol. The van der Waals surface area contributed by atoms with Crippen molar-refractivity contribution in [3.63, 3.8) is 0 Å². The van der Waals surface area contributed by atoms with E-state index in [9.17, 15) is 13.8 Å². The van der Waals surface area contributed by atoms with Gasteiger partial charge in [0.15, 0.2) is 6.10 Å². The highest BCUT2D eigenvalue weighted by Crippen LogP contribution is 2.20. The fourth-order valence-electron chi connectivity index (χ4n) is 2.01. The zero-order valence-corrected chi connectivity index (χ0v) is 19.2. The van der Waals surface area contributed by atoms with E-state index in [4.69, 9.17) is 9.47 Å². The Morgan fingerprint density at radius 1 is 1.10 bits per heavy atom. The summed E-state index contributed by atoms with van der Waals surface area (Å²) in [5.74, 6) is 7.40. The van der Waals surface area contributed by atoms with Crippen LogP contribution in [-0.2, 0) is 29.9 Å². The molecule has 0 unspecified atom stereocenters. The molecule has 0 saturated carbocycles. The molecule has 0 heterocycles. The number of esters is 2. The Bertz CT molecular complexity index is 892. The highest BCUT2D eigenvalue weighted by Gasteiger charge is 2.22. The first-order valence-corrected chi connectivity index (χ1v) is 13.8. The van der Waals surface area contributed by atoms with Gasteiger partial charge in [0.25, 0.3) is 0 Å². The van der Waals surface area contributed by atoms with Crippen LogP contribution in [0.5, 0.6) is 0 Å². The minimum absolute atomic E-state index is 0.125. The third-order valence-corrected chi connectivity index (χ3v) is 5.57. The molecular weight excluding hydrogens is 404 g/mol. The van der Waals surface area contributed by atoms with Crippen molar-refractivity contribution < 1.29 is 23.3 Å². The fourth-order valence-corrected chi connectivity index (χ4v) is 3.69. The van der Waals surface area contributed by atoms with Crippen LogP contribution in [-0.4, -0.2) is 36.9 Å². The van der Waals surface area contributed by atoms with Crippen LogP contribution in [0.3, 0.4) is 0 Å². The van der Waals surface area contributed by atoms with Crippen LogP contribution in [0, 0.1) is 23.3 Å². The molecule has 1 aromatic carbocycles. The van der Waals surface area contributed by atoms with Crippen LogP contribution >= 0.6 is 0 Å². The van der Waals surface area contributed by atoms with Crippen LogP contribution in [0.2, 0.25) is 19.6 Å². The van der Waals surface area contributed by atoms with E-state index in [0.29, 0.717) is 16.2 Å². The fraction of sp³-hybridized carbons (Fsp3) is 0.364. The molecule has 2 atom stereocenters. The first-order chi connectivity index (χ1) is 13.6. The predicted octanol–water partition coefficient (Wildman–Crippen LogP) is 3.45. The Balaban J connectivity index is 3.26. The van der Waals surface area contributed by atoms with Crippen molar-refractivity contribution in [2.45, 2.75) is 50.9 Å². The standard InChI is InChI=1S/C22H26O5SSi/c1-18(23)26-16-11-15-22(28(25)20-12-7-6-8-13-20)21(27-19(2)24)14-9-10-17-29(3,4)5/h6-8,12-13,15,21H,11,16H2,1-5H3/b22-15-/t21-,28-/m1/s1. The van der Waals surface area contributed by atoms with E-state index in [1.54, 1.807) is 30.3 Å². The minimum Gasteiger partial charge on any atom is -0.466 e. The molecule has 5 nitrogen and oxygen atoms in total. The number of hydrogen-bond acceptors (Lipinski definition) is 5. The van der Waals surface area contributed by atoms with E-state index < -0.39 is 36.9 Å². The summed E-state index contributed by atoms with van der Waals surface area (Å²) >= 11 is 0. The maximum absolute atomic E-state index is 13.1. The number of carbonyl (C=O) groups is 2. The van der Waals surface area contributed by atoms with Gasteiger partial charge in [-0.05, 0) is 29.9 Å². The molecule has 29 heavy (non-hydrogen) atoms. The lowest BCUT2D eigenvalue weighted by molar-refractivity contribution is -0.142. The normalized spacial score (nSPS) is 13.1. The Labute approximate surface area is 176 Å². The van der Waals surface area contributed by atoms with E-state index in [1.807, 2.05) is 6.07 Å². The van der Waals surface area contributed by atoms with E-state index in [2.05, 4.69) is 42.9 Å². The van der Waals surface area contributed by atoms with Gasteiger partial charge in [0.2, 0.25) is 0 Å². The topological polar surface area (TPSA) is 69.7 Å². The van der Waals surface area contributed by atoms with E-state index >= 15 is 0 Å². The molecule has 0 aromatic heterocycles. The van der Waals surface area contributed by atoms with Gasteiger partial charge in [-0.25, -0.2) is 4.21 Å². The second-order valence-corrected chi connectivity index (χ2v) is 13.3. The van der Waals surface area contributed by atoms with Crippen molar-refractivity contribution in [2.75, 3.05) is 6.61 Å². The summed E-state index contributed by atoms with van der Waals surface area (Å²) in [6.07, 6.45) is 0.940. The molecule has 0 spiro atoms. The Hall–Kier alpha value is -2.61. The van der Waals surface area contributed by atoms with Gasteiger partial charge in [-0.2, -0.15) is 0 Å². The number of carbonyl (C=O) groups excluding carboxylic acids is 2. The van der Waals surface area contributed by atoms with Crippen molar-refractivity contribution in [1.29, 1.82) is 0 Å². The second-order valence-electron chi connectivity index (χ2n) is 7.08. The first-order valence-electron chi connectivity index (χ1n) is 9.10. The van der Waals surface area contributed by atoms with E-state index in [0.717, 1.165) is 0 Å². The van der Waals surface area contributed by atoms with Crippen LogP contribution in [0.4, 0.5) is 0 Å². The summed E-state index contributed by atoms with van der Waals surface area (Å²) in [5.41, 5.74) is 3.12. The van der Waals surface area contributed by atoms with Gasteiger partial charge >= 0.3 is 11.9 Å². The van der Waals surface area contributed by atoms with Gasteiger partial charge in [0.05, 0.1) is 22.3 Å². The summed E-state index contributed by atoms with van der Waals surface area (Å²) in [6, 6.07) is 8.81. The molecule has 0 aliphatic heterocycles. The van der Waals surface area contributed by atoms with Crippen molar-refractivity contribution >= 4 is 30.8 Å². The quantitative estimate of drug-likeness (QED) is 0.287. The van der Waals surface area contributed by atoms with Gasteiger partial charge in [0, 0.05) is 25.2 Å². The highest BCUT2D eigenvalue weighted by atomic mass is 32.2. The third-order valence-electron chi connectivity index (χ3n) is 3.19. The molecule has 7 heteroatoms. The van der Waals surface area contributed by atoms with Crippen LogP contribution in [0.15, 0.2) is 46.2 Å². The van der Waals surface area contributed by atoms with Crippen molar-refractivity contribution in [2.24, 2.45) is 0 Å². The zero-order valence-electron chi connectivity index (χ0n) is 17.4. The molecule has 0 bridgehead atoms. The lowest BCUT2D eigenvalue weighted by Gasteiger charge is -2.15. The smallest absolute Gasteiger partial charge is 0.304 e. The van der Waals surface area contributed by atoms with Gasteiger partial charge in [-0.1, -0.05) is 43.9 Å². The number of ether oxygens (including phenoxy) is 2. The number of rotatable bonds is 7. The molecule has 1 rings (SSSR count). The minimum atomic E-state index is -1.60. The van der Waals surface area contributed by atoms with Crippen molar-refractivity contribution in [3.05, 3.63) is 41.3 Å². The molecule has 0 fully saturated rings. The predicted molar refractivity (Wildman–Crippen MR) is 117 cm³/mol. The molecule has 0 saturated heterocycles. The SMILES string of the molecule is CC(=O)OCC/C=C(/[C@@H](C#CC#C[Si](C)(C)C)OC(C)=O)[S@](=O)c1ccccc1. The summed E-state index contributed by atoms with van der Waals surface area (Å²) < 4.78 is 23.4. The largest absolute Gasteiger partial charge is 0.466 e. The van der Waals surface area contributed by atoms with E-state index in [-0.39, 0.29) is 6.61 Å². The van der Waals surface area contributed by atoms with Gasteiger partial charge in [-0.3, -0.25) is 9.59 Å². The zero-order chi connectivity index (χ0) is 21.9. The molecular formula is C22H26O5SSi. The third kappa shape index (κ3) is 10.5. The van der Waals surface area contributed by atoms with Gasteiger partial charge < -0.3 is 9.47 Å². The molecule has 0 N–H and O–H groups in total. The molecule has 0 aliphatic carbocycles. The lowest BCUT2D eigenvalue weighted by Crippen LogP contribution is -2.20. The number of hydrogen-bond donors (Lipinski definition) is 0. The Morgan fingerprint density at radius 3 is 2.31 bits per heavy atom. The maximum Gasteiger partial charge on any atom is 0.304 e. The summed E-state index contributed by atoms with van der Waals surface area (Å²) in [6.45, 7) is 8.99. The molecule has 0 amide bonds. The van der Waals surface area contributed by atoms with Crippen LogP contribution in [0.1, 0.15) is 20.3 Å². The summed E-state index contributed by atoms with van der Waals surface area (Å²) in [7, 11) is -3.20. The molecule has 0 radical (unpaired) electrons. The highest BCUT2D eigenvalue weighted by molar-refractivity contribution is 7.89. The summed E-state index contributed by atoms with van der Waals surface area (Å²) in [4.78, 5) is 23.5. The van der Waals surface area contributed by atoms with E-state index in [1.165, 1.54) is 13.8 Å². The van der Waals surface area contributed by atoms with Crippen LogP contribution in [0.25, 0.3) is 0 Å². The monoisotopic (exact) mass is 430 g/mol. The van der Waals surface area contributed by atoms with Crippen molar-refractivity contribution in [1.82, 2.24) is 0 Å². The van der Waals surface area contributed by atoms with Gasteiger partial charge in [0.1, 0.15) is 8.07 Å². The van der Waals surface area contributed by atoms with Crippen LogP contribution < -0.4 is 0 Å². The average Bonchev–Trinajstić information content (AvgIpc) is 2.63. The van der Waals surface area contributed by atoms with Gasteiger partial charge in [-0.15, -0.1) is 5.54 Å².